The highest BCUT2D eigenvalue weighted by Gasteiger charge is 2.18. The SMILES string of the molecule is C[C@H](OC(=O)Cc1cccs1)C(=O)Nc1ccc(Cl)cc1. The minimum absolute atomic E-state index is 0.177. The molecule has 0 spiro atoms. The molecule has 4 nitrogen and oxygen atoms in total. The van der Waals surface area contributed by atoms with E-state index in [9.17, 15) is 9.59 Å². The molecular weight excluding hydrogens is 310 g/mol. The van der Waals surface area contributed by atoms with Crippen LogP contribution in [0.5, 0.6) is 0 Å². The molecule has 0 unspecified atom stereocenters. The molecule has 0 aliphatic carbocycles. The third kappa shape index (κ3) is 4.88. The third-order valence-electron chi connectivity index (χ3n) is 2.69. The number of carbonyl (C=O) groups is 2. The Morgan fingerprint density at radius 1 is 1.29 bits per heavy atom. The summed E-state index contributed by atoms with van der Waals surface area (Å²) in [7, 11) is 0. The van der Waals surface area contributed by atoms with Crippen LogP contribution in [-0.4, -0.2) is 18.0 Å². The van der Waals surface area contributed by atoms with Crippen LogP contribution in [0.4, 0.5) is 5.69 Å². The van der Waals surface area contributed by atoms with E-state index in [1.165, 1.54) is 18.3 Å². The molecule has 1 atom stereocenters. The lowest BCUT2D eigenvalue weighted by Crippen LogP contribution is -2.30. The number of anilines is 1. The Kier molecular flexibility index (Phi) is 5.36. The number of ether oxygens (including phenoxy) is 1. The minimum atomic E-state index is -0.854. The summed E-state index contributed by atoms with van der Waals surface area (Å²) in [5.74, 6) is -0.798. The highest BCUT2D eigenvalue weighted by atomic mass is 35.5. The Morgan fingerprint density at radius 2 is 2.00 bits per heavy atom. The summed E-state index contributed by atoms with van der Waals surface area (Å²) >= 11 is 7.24. The number of hydrogen-bond acceptors (Lipinski definition) is 4. The Hall–Kier alpha value is -1.85. The fraction of sp³-hybridized carbons (Fsp3) is 0.200. The van der Waals surface area contributed by atoms with Crippen molar-refractivity contribution in [2.45, 2.75) is 19.4 Å². The normalized spacial score (nSPS) is 11.7. The summed E-state index contributed by atoms with van der Waals surface area (Å²) in [4.78, 5) is 24.5. The van der Waals surface area contributed by atoms with E-state index in [0.717, 1.165) is 4.88 Å². The van der Waals surface area contributed by atoms with Gasteiger partial charge in [-0.1, -0.05) is 17.7 Å². The van der Waals surface area contributed by atoms with Crippen molar-refractivity contribution in [3.05, 3.63) is 51.7 Å². The van der Waals surface area contributed by atoms with Crippen molar-refractivity contribution in [1.82, 2.24) is 0 Å². The monoisotopic (exact) mass is 323 g/mol. The maximum absolute atomic E-state index is 11.9. The van der Waals surface area contributed by atoms with E-state index >= 15 is 0 Å². The van der Waals surface area contributed by atoms with Gasteiger partial charge in [0, 0.05) is 15.6 Å². The van der Waals surface area contributed by atoms with Crippen LogP contribution in [0.15, 0.2) is 41.8 Å². The van der Waals surface area contributed by atoms with E-state index in [2.05, 4.69) is 5.32 Å². The van der Waals surface area contributed by atoms with Crippen LogP contribution < -0.4 is 5.32 Å². The predicted molar refractivity (Wildman–Crippen MR) is 83.7 cm³/mol. The van der Waals surface area contributed by atoms with E-state index in [0.29, 0.717) is 10.7 Å². The zero-order chi connectivity index (χ0) is 15.2. The average Bonchev–Trinajstić information content (AvgIpc) is 2.94. The number of rotatable bonds is 5. The molecule has 0 saturated heterocycles. The second-order valence-electron chi connectivity index (χ2n) is 4.38. The molecule has 21 heavy (non-hydrogen) atoms. The summed E-state index contributed by atoms with van der Waals surface area (Å²) in [6.45, 7) is 1.54. The molecule has 1 amide bonds. The van der Waals surface area contributed by atoms with Crippen molar-refractivity contribution in [1.29, 1.82) is 0 Å². The standard InChI is InChI=1S/C15H14ClNO3S/c1-10(20-14(18)9-13-3-2-8-21-13)15(19)17-12-6-4-11(16)5-7-12/h2-8,10H,9H2,1H3,(H,17,19)/t10-/m0/s1. The van der Waals surface area contributed by atoms with Gasteiger partial charge in [-0.25, -0.2) is 0 Å². The van der Waals surface area contributed by atoms with Gasteiger partial charge in [-0.2, -0.15) is 0 Å². The Labute approximate surface area is 131 Å². The molecule has 0 fully saturated rings. The Bertz CT molecular complexity index is 610. The summed E-state index contributed by atoms with van der Waals surface area (Å²) in [5.41, 5.74) is 0.602. The van der Waals surface area contributed by atoms with Crippen molar-refractivity contribution in [3.63, 3.8) is 0 Å². The van der Waals surface area contributed by atoms with Crippen LogP contribution >= 0.6 is 22.9 Å². The molecule has 2 rings (SSSR count). The summed E-state index contributed by atoms with van der Waals surface area (Å²) in [6, 6.07) is 10.4. The molecule has 2 aromatic rings. The first kappa shape index (κ1) is 15.5. The number of nitrogens with one attached hydrogen (secondary N) is 1. The molecule has 0 radical (unpaired) electrons. The predicted octanol–water partition coefficient (Wildman–Crippen LogP) is 3.51. The van der Waals surface area contributed by atoms with E-state index in [1.807, 2.05) is 17.5 Å². The lowest BCUT2D eigenvalue weighted by atomic mass is 10.3. The molecule has 6 heteroatoms. The maximum Gasteiger partial charge on any atom is 0.311 e. The third-order valence-corrected chi connectivity index (χ3v) is 3.82. The fourth-order valence-electron chi connectivity index (χ4n) is 1.62. The van der Waals surface area contributed by atoms with E-state index in [4.69, 9.17) is 16.3 Å². The first-order valence-corrected chi connectivity index (χ1v) is 7.58. The van der Waals surface area contributed by atoms with Gasteiger partial charge in [-0.05, 0) is 42.6 Å². The highest BCUT2D eigenvalue weighted by Crippen LogP contribution is 2.14. The topological polar surface area (TPSA) is 55.4 Å². The van der Waals surface area contributed by atoms with Gasteiger partial charge in [-0.3, -0.25) is 9.59 Å². The quantitative estimate of drug-likeness (QED) is 0.857. The van der Waals surface area contributed by atoms with E-state index in [1.54, 1.807) is 24.3 Å². The minimum Gasteiger partial charge on any atom is -0.452 e. The first-order chi connectivity index (χ1) is 10.0. The second-order valence-corrected chi connectivity index (χ2v) is 5.85. The van der Waals surface area contributed by atoms with Crippen LogP contribution in [0, 0.1) is 0 Å². The van der Waals surface area contributed by atoms with Crippen LogP contribution in [0.25, 0.3) is 0 Å². The van der Waals surface area contributed by atoms with Gasteiger partial charge in [0.2, 0.25) is 0 Å². The molecule has 0 saturated carbocycles. The molecular formula is C15H14ClNO3S. The summed E-state index contributed by atoms with van der Waals surface area (Å²) < 4.78 is 5.11. The average molecular weight is 324 g/mol. The van der Waals surface area contributed by atoms with Gasteiger partial charge in [0.1, 0.15) is 0 Å². The number of carbonyl (C=O) groups excluding carboxylic acids is 2. The number of benzene rings is 1. The van der Waals surface area contributed by atoms with Gasteiger partial charge in [0.25, 0.3) is 5.91 Å². The molecule has 0 aliphatic heterocycles. The molecule has 110 valence electrons. The van der Waals surface area contributed by atoms with Crippen LogP contribution in [0.3, 0.4) is 0 Å². The largest absolute Gasteiger partial charge is 0.452 e. The molecule has 1 N–H and O–H groups in total. The first-order valence-electron chi connectivity index (χ1n) is 6.33. The van der Waals surface area contributed by atoms with Gasteiger partial charge in [0.05, 0.1) is 6.42 Å². The molecule has 0 aliphatic rings. The summed E-state index contributed by atoms with van der Waals surface area (Å²) in [5, 5.41) is 5.14. The van der Waals surface area contributed by atoms with Gasteiger partial charge < -0.3 is 10.1 Å². The molecule has 1 aromatic carbocycles. The van der Waals surface area contributed by atoms with Gasteiger partial charge in [-0.15, -0.1) is 11.3 Å². The lowest BCUT2D eigenvalue weighted by Gasteiger charge is -2.13. The maximum atomic E-state index is 11.9. The highest BCUT2D eigenvalue weighted by molar-refractivity contribution is 7.10. The van der Waals surface area contributed by atoms with Crippen molar-refractivity contribution < 1.29 is 14.3 Å². The number of esters is 1. The molecule has 1 aromatic heterocycles. The van der Waals surface area contributed by atoms with Gasteiger partial charge in [0.15, 0.2) is 6.10 Å². The smallest absolute Gasteiger partial charge is 0.311 e. The zero-order valence-electron chi connectivity index (χ0n) is 11.3. The van der Waals surface area contributed by atoms with Crippen molar-refractivity contribution in [3.8, 4) is 0 Å². The van der Waals surface area contributed by atoms with E-state index in [-0.39, 0.29) is 12.3 Å². The van der Waals surface area contributed by atoms with E-state index < -0.39 is 12.1 Å². The van der Waals surface area contributed by atoms with Crippen LogP contribution in [-0.2, 0) is 20.7 Å². The summed E-state index contributed by atoms with van der Waals surface area (Å²) in [6.07, 6.45) is -0.677. The molecule has 0 bridgehead atoms. The Morgan fingerprint density at radius 3 is 2.62 bits per heavy atom. The van der Waals surface area contributed by atoms with Crippen LogP contribution in [0.1, 0.15) is 11.8 Å². The van der Waals surface area contributed by atoms with Gasteiger partial charge >= 0.3 is 5.97 Å². The number of thiophene rings is 1. The van der Waals surface area contributed by atoms with Crippen molar-refractivity contribution in [2.24, 2.45) is 0 Å². The fourth-order valence-corrected chi connectivity index (χ4v) is 2.44. The van der Waals surface area contributed by atoms with Crippen molar-refractivity contribution in [2.75, 3.05) is 5.32 Å². The van der Waals surface area contributed by atoms with Crippen molar-refractivity contribution >= 4 is 40.5 Å². The number of halogens is 1. The second kappa shape index (κ2) is 7.24. The number of hydrogen-bond donors (Lipinski definition) is 1. The van der Waals surface area contributed by atoms with Crippen LogP contribution in [0.2, 0.25) is 5.02 Å². The molecule has 1 heterocycles. The number of amides is 1. The lowest BCUT2D eigenvalue weighted by molar-refractivity contribution is -0.152. The zero-order valence-corrected chi connectivity index (χ0v) is 12.9. The Balaban J connectivity index is 1.84.